The number of benzene rings is 1. The van der Waals surface area contributed by atoms with Gasteiger partial charge in [0.1, 0.15) is 11.6 Å². The molecule has 2 rings (SSSR count). The van der Waals surface area contributed by atoms with Gasteiger partial charge in [0, 0.05) is 12.0 Å². The summed E-state index contributed by atoms with van der Waals surface area (Å²) < 4.78 is 19.1. The Morgan fingerprint density at radius 2 is 2.28 bits per heavy atom. The summed E-state index contributed by atoms with van der Waals surface area (Å²) in [5, 5.41) is 8.89. The predicted octanol–water partition coefficient (Wildman–Crippen LogP) is 3.46. The van der Waals surface area contributed by atoms with Gasteiger partial charge in [0.05, 0.1) is 18.6 Å². The highest BCUT2D eigenvalue weighted by molar-refractivity contribution is 6.31. The van der Waals surface area contributed by atoms with E-state index in [-0.39, 0.29) is 23.3 Å². The van der Waals surface area contributed by atoms with Crippen LogP contribution in [0.15, 0.2) is 12.1 Å². The second kappa shape index (κ2) is 5.14. The highest BCUT2D eigenvalue weighted by Gasteiger charge is 2.36. The summed E-state index contributed by atoms with van der Waals surface area (Å²) in [7, 11) is 1.47. The van der Waals surface area contributed by atoms with Crippen molar-refractivity contribution in [2.24, 2.45) is 5.92 Å². The average Bonchev–Trinajstić information content (AvgIpc) is 3.13. The van der Waals surface area contributed by atoms with Crippen LogP contribution in [0.1, 0.15) is 30.7 Å². The van der Waals surface area contributed by atoms with E-state index in [0.29, 0.717) is 11.3 Å². The molecular formula is C13H14ClFO3. The zero-order chi connectivity index (χ0) is 13.3. The molecule has 1 fully saturated rings. The van der Waals surface area contributed by atoms with E-state index in [2.05, 4.69) is 0 Å². The van der Waals surface area contributed by atoms with Crippen LogP contribution in [-0.4, -0.2) is 18.2 Å². The third kappa shape index (κ3) is 2.75. The van der Waals surface area contributed by atoms with Crippen molar-refractivity contribution < 1.29 is 19.0 Å². The fraction of sp³-hybridized carbons (Fsp3) is 0.462. The van der Waals surface area contributed by atoms with E-state index in [1.807, 2.05) is 0 Å². The van der Waals surface area contributed by atoms with Gasteiger partial charge in [-0.3, -0.25) is 4.79 Å². The molecule has 1 atom stereocenters. The van der Waals surface area contributed by atoms with Crippen molar-refractivity contribution in [3.63, 3.8) is 0 Å². The van der Waals surface area contributed by atoms with Crippen LogP contribution < -0.4 is 4.74 Å². The van der Waals surface area contributed by atoms with Crippen molar-refractivity contribution in [2.45, 2.75) is 25.2 Å². The molecule has 1 aliphatic rings. The molecule has 0 bridgehead atoms. The standard InChI is InChI=1S/C13H14ClFO3/c1-18-8-4-10(13(15)11(14)5-8)9(6-12(16)17)7-2-3-7/h4-5,7,9H,2-3,6H2,1H3,(H,16,17). The Morgan fingerprint density at radius 3 is 2.78 bits per heavy atom. The number of hydrogen-bond donors (Lipinski definition) is 1. The summed E-state index contributed by atoms with van der Waals surface area (Å²) in [4.78, 5) is 10.9. The summed E-state index contributed by atoms with van der Waals surface area (Å²) >= 11 is 5.80. The first-order valence-corrected chi connectivity index (χ1v) is 6.15. The molecule has 98 valence electrons. The average molecular weight is 273 g/mol. The van der Waals surface area contributed by atoms with Crippen LogP contribution in [0.2, 0.25) is 5.02 Å². The SMILES string of the molecule is COc1cc(Cl)c(F)c(C(CC(=O)O)C2CC2)c1. The zero-order valence-electron chi connectivity index (χ0n) is 9.95. The Labute approximate surface area is 110 Å². The number of hydrogen-bond acceptors (Lipinski definition) is 2. The van der Waals surface area contributed by atoms with Crippen molar-refractivity contribution in [1.29, 1.82) is 0 Å². The van der Waals surface area contributed by atoms with Crippen LogP contribution in [0.25, 0.3) is 0 Å². The maximum atomic E-state index is 14.0. The molecule has 0 aromatic heterocycles. The molecule has 1 aromatic carbocycles. The first-order valence-electron chi connectivity index (χ1n) is 5.77. The number of methoxy groups -OCH3 is 1. The zero-order valence-corrected chi connectivity index (χ0v) is 10.7. The van der Waals surface area contributed by atoms with Gasteiger partial charge in [0.2, 0.25) is 0 Å². The van der Waals surface area contributed by atoms with Gasteiger partial charge in [-0.15, -0.1) is 0 Å². The first kappa shape index (κ1) is 13.1. The van der Waals surface area contributed by atoms with Gasteiger partial charge in [-0.2, -0.15) is 0 Å². The van der Waals surface area contributed by atoms with E-state index < -0.39 is 11.8 Å². The lowest BCUT2D eigenvalue weighted by Crippen LogP contribution is -2.10. The van der Waals surface area contributed by atoms with Gasteiger partial charge in [0.15, 0.2) is 0 Å². The molecule has 0 aliphatic heterocycles. The van der Waals surface area contributed by atoms with E-state index >= 15 is 0 Å². The quantitative estimate of drug-likeness (QED) is 0.893. The smallest absolute Gasteiger partial charge is 0.303 e. The molecule has 0 heterocycles. The van der Waals surface area contributed by atoms with Crippen molar-refractivity contribution in [3.8, 4) is 5.75 Å². The van der Waals surface area contributed by atoms with E-state index in [9.17, 15) is 9.18 Å². The van der Waals surface area contributed by atoms with Crippen LogP contribution in [0.3, 0.4) is 0 Å². The molecule has 3 nitrogen and oxygen atoms in total. The molecule has 1 N–H and O–H groups in total. The Balaban J connectivity index is 2.39. The molecule has 0 radical (unpaired) electrons. The molecule has 18 heavy (non-hydrogen) atoms. The van der Waals surface area contributed by atoms with E-state index in [0.717, 1.165) is 12.8 Å². The van der Waals surface area contributed by atoms with Gasteiger partial charge in [-0.1, -0.05) is 11.6 Å². The number of halogens is 2. The maximum Gasteiger partial charge on any atom is 0.303 e. The fourth-order valence-corrected chi connectivity index (χ4v) is 2.41. The van der Waals surface area contributed by atoms with Gasteiger partial charge in [0.25, 0.3) is 0 Å². The summed E-state index contributed by atoms with van der Waals surface area (Å²) in [5.41, 5.74) is 0.351. The van der Waals surface area contributed by atoms with E-state index in [1.54, 1.807) is 6.07 Å². The summed E-state index contributed by atoms with van der Waals surface area (Å²) in [6.45, 7) is 0. The summed E-state index contributed by atoms with van der Waals surface area (Å²) in [5.74, 6) is -1.10. The summed E-state index contributed by atoms with van der Waals surface area (Å²) in [6.07, 6.45) is 1.80. The Bertz CT molecular complexity index is 472. The van der Waals surface area contributed by atoms with Crippen LogP contribution >= 0.6 is 11.6 Å². The minimum atomic E-state index is -0.926. The van der Waals surface area contributed by atoms with Crippen LogP contribution in [-0.2, 0) is 4.79 Å². The van der Waals surface area contributed by atoms with Crippen molar-refractivity contribution in [1.82, 2.24) is 0 Å². The number of carboxylic acid groups (broad SMARTS) is 1. The van der Waals surface area contributed by atoms with Crippen LogP contribution in [0.4, 0.5) is 4.39 Å². The van der Waals surface area contributed by atoms with Gasteiger partial charge in [-0.25, -0.2) is 4.39 Å². The van der Waals surface area contributed by atoms with Crippen LogP contribution in [0.5, 0.6) is 5.75 Å². The molecule has 1 saturated carbocycles. The van der Waals surface area contributed by atoms with Gasteiger partial charge in [-0.05, 0) is 30.4 Å². The molecule has 1 aromatic rings. The summed E-state index contributed by atoms with van der Waals surface area (Å²) in [6, 6.07) is 2.94. The molecule has 0 amide bonds. The largest absolute Gasteiger partial charge is 0.497 e. The van der Waals surface area contributed by atoms with Crippen LogP contribution in [0, 0.1) is 11.7 Å². The van der Waals surface area contributed by atoms with E-state index in [4.69, 9.17) is 21.4 Å². The van der Waals surface area contributed by atoms with Gasteiger partial charge >= 0.3 is 5.97 Å². The third-order valence-corrected chi connectivity index (χ3v) is 3.53. The number of aliphatic carboxylic acids is 1. The van der Waals surface area contributed by atoms with Crippen molar-refractivity contribution in [3.05, 3.63) is 28.5 Å². The fourth-order valence-electron chi connectivity index (χ4n) is 2.19. The highest BCUT2D eigenvalue weighted by Crippen LogP contribution is 2.46. The maximum absolute atomic E-state index is 14.0. The topological polar surface area (TPSA) is 46.5 Å². The molecule has 5 heteroatoms. The number of rotatable bonds is 5. The van der Waals surface area contributed by atoms with E-state index in [1.165, 1.54) is 13.2 Å². The Morgan fingerprint density at radius 1 is 1.61 bits per heavy atom. The number of ether oxygens (including phenoxy) is 1. The Kier molecular flexibility index (Phi) is 3.76. The molecule has 1 unspecified atom stereocenters. The van der Waals surface area contributed by atoms with Crippen molar-refractivity contribution >= 4 is 17.6 Å². The number of carbonyl (C=O) groups is 1. The first-order chi connectivity index (χ1) is 8.52. The van der Waals surface area contributed by atoms with Crippen molar-refractivity contribution in [2.75, 3.05) is 7.11 Å². The molecule has 0 spiro atoms. The second-order valence-electron chi connectivity index (χ2n) is 4.55. The molecule has 0 saturated heterocycles. The normalized spacial score (nSPS) is 16.4. The minimum absolute atomic E-state index is 0.0274. The monoisotopic (exact) mass is 272 g/mol. The third-order valence-electron chi connectivity index (χ3n) is 3.25. The lowest BCUT2D eigenvalue weighted by atomic mass is 9.90. The minimum Gasteiger partial charge on any atom is -0.497 e. The lowest BCUT2D eigenvalue weighted by molar-refractivity contribution is -0.137. The lowest BCUT2D eigenvalue weighted by Gasteiger charge is -2.17. The molecule has 1 aliphatic carbocycles. The highest BCUT2D eigenvalue weighted by atomic mass is 35.5. The molecular weight excluding hydrogens is 259 g/mol. The van der Waals surface area contributed by atoms with Gasteiger partial charge < -0.3 is 9.84 Å². The number of carboxylic acids is 1. The second-order valence-corrected chi connectivity index (χ2v) is 4.96. The Hall–Kier alpha value is -1.29. The predicted molar refractivity (Wildman–Crippen MR) is 65.7 cm³/mol.